The van der Waals surface area contributed by atoms with E-state index in [1.807, 2.05) is 19.1 Å². The molecule has 1 aromatic carbocycles. The molecule has 22 heavy (non-hydrogen) atoms. The minimum atomic E-state index is -0.128. The number of aryl methyl sites for hydroxylation is 1. The summed E-state index contributed by atoms with van der Waals surface area (Å²) in [6.45, 7) is 3.40. The Bertz CT molecular complexity index is 612. The molecular weight excluding hydrogens is 278 g/mol. The molecule has 4 atom stereocenters. The highest BCUT2D eigenvalue weighted by Crippen LogP contribution is 2.48. The van der Waals surface area contributed by atoms with Crippen molar-refractivity contribution >= 4 is 23.2 Å². The van der Waals surface area contributed by atoms with Gasteiger partial charge in [0.1, 0.15) is 0 Å². The second-order valence-electron chi connectivity index (χ2n) is 6.64. The van der Waals surface area contributed by atoms with E-state index in [0.717, 1.165) is 30.5 Å². The molecule has 2 bridgehead atoms. The Kier molecular flexibility index (Phi) is 3.91. The standard InChI is InChI=1S/C17H23N3O2/c1-9-3-6-13(19-10(2)21)8-14(9)20-17(22)15-11-4-5-12(7-11)16(15)18/h3,6,8,11-12,15-16H,4-5,7,18H2,1-2H3,(H,19,21)(H,20,22). The summed E-state index contributed by atoms with van der Waals surface area (Å²) in [6.07, 6.45) is 3.36. The van der Waals surface area contributed by atoms with Crippen molar-refractivity contribution in [3.05, 3.63) is 23.8 Å². The molecule has 0 aliphatic heterocycles. The maximum Gasteiger partial charge on any atom is 0.229 e. The van der Waals surface area contributed by atoms with E-state index in [0.29, 0.717) is 17.5 Å². The number of carbonyl (C=O) groups is 2. The van der Waals surface area contributed by atoms with Crippen molar-refractivity contribution in [2.45, 2.75) is 39.2 Å². The number of benzene rings is 1. The maximum atomic E-state index is 12.6. The zero-order chi connectivity index (χ0) is 15.9. The van der Waals surface area contributed by atoms with E-state index in [-0.39, 0.29) is 23.8 Å². The average Bonchev–Trinajstić information content (AvgIpc) is 3.02. The van der Waals surface area contributed by atoms with Crippen molar-refractivity contribution < 1.29 is 9.59 Å². The number of nitrogens with one attached hydrogen (secondary N) is 2. The molecular formula is C17H23N3O2. The van der Waals surface area contributed by atoms with E-state index in [9.17, 15) is 9.59 Å². The normalized spacial score (nSPS) is 29.4. The monoisotopic (exact) mass is 301 g/mol. The second-order valence-corrected chi connectivity index (χ2v) is 6.64. The van der Waals surface area contributed by atoms with Gasteiger partial charge in [-0.15, -0.1) is 0 Å². The van der Waals surface area contributed by atoms with Gasteiger partial charge in [-0.05, 0) is 55.7 Å². The van der Waals surface area contributed by atoms with Crippen LogP contribution in [0, 0.1) is 24.7 Å². The molecule has 2 amide bonds. The molecule has 0 saturated heterocycles. The van der Waals surface area contributed by atoms with Crippen LogP contribution < -0.4 is 16.4 Å². The summed E-state index contributed by atoms with van der Waals surface area (Å²) < 4.78 is 0. The predicted octanol–water partition coefficient (Wildman–Crippen LogP) is 2.27. The predicted molar refractivity (Wildman–Crippen MR) is 86.4 cm³/mol. The summed E-state index contributed by atoms with van der Waals surface area (Å²) in [6, 6.07) is 5.50. The van der Waals surface area contributed by atoms with Crippen LogP contribution in [-0.4, -0.2) is 17.9 Å². The van der Waals surface area contributed by atoms with Crippen LogP contribution in [0.3, 0.4) is 0 Å². The number of amides is 2. The van der Waals surface area contributed by atoms with E-state index in [4.69, 9.17) is 5.73 Å². The van der Waals surface area contributed by atoms with E-state index in [1.165, 1.54) is 6.92 Å². The summed E-state index contributed by atoms with van der Waals surface area (Å²) in [5.41, 5.74) is 8.63. The van der Waals surface area contributed by atoms with Crippen LogP contribution in [0.15, 0.2) is 18.2 Å². The molecule has 2 aliphatic rings. The van der Waals surface area contributed by atoms with Crippen molar-refractivity contribution in [3.63, 3.8) is 0 Å². The first-order valence-corrected chi connectivity index (χ1v) is 7.90. The van der Waals surface area contributed by atoms with Crippen LogP contribution >= 0.6 is 0 Å². The van der Waals surface area contributed by atoms with Crippen LogP contribution in [0.25, 0.3) is 0 Å². The number of hydrogen-bond donors (Lipinski definition) is 3. The van der Waals surface area contributed by atoms with Crippen molar-refractivity contribution in [2.24, 2.45) is 23.5 Å². The van der Waals surface area contributed by atoms with Crippen molar-refractivity contribution in [1.29, 1.82) is 0 Å². The maximum absolute atomic E-state index is 12.6. The fraction of sp³-hybridized carbons (Fsp3) is 0.529. The highest BCUT2D eigenvalue weighted by Gasteiger charge is 2.49. The van der Waals surface area contributed by atoms with Gasteiger partial charge in [0.15, 0.2) is 0 Å². The third-order valence-corrected chi connectivity index (χ3v) is 5.10. The van der Waals surface area contributed by atoms with Crippen LogP contribution in [0.2, 0.25) is 0 Å². The quantitative estimate of drug-likeness (QED) is 0.800. The third kappa shape index (κ3) is 2.73. The SMILES string of the molecule is CC(=O)Nc1ccc(C)c(NC(=O)C2C3CCC(C3)C2N)c1. The summed E-state index contributed by atoms with van der Waals surface area (Å²) in [4.78, 5) is 23.8. The highest BCUT2D eigenvalue weighted by molar-refractivity contribution is 5.96. The van der Waals surface area contributed by atoms with Gasteiger partial charge < -0.3 is 16.4 Å². The summed E-state index contributed by atoms with van der Waals surface area (Å²) in [7, 11) is 0. The van der Waals surface area contributed by atoms with Crippen LogP contribution in [0.5, 0.6) is 0 Å². The number of carbonyl (C=O) groups excluding carboxylic acids is 2. The van der Waals surface area contributed by atoms with Gasteiger partial charge in [0.05, 0.1) is 5.92 Å². The molecule has 0 heterocycles. The lowest BCUT2D eigenvalue weighted by molar-refractivity contribution is -0.121. The van der Waals surface area contributed by atoms with Crippen molar-refractivity contribution in [2.75, 3.05) is 10.6 Å². The fourth-order valence-electron chi connectivity index (χ4n) is 3.98. The summed E-state index contributed by atoms with van der Waals surface area (Å²) in [5.74, 6) is 0.744. The Morgan fingerprint density at radius 2 is 1.91 bits per heavy atom. The molecule has 4 N–H and O–H groups in total. The molecule has 2 fully saturated rings. The Balaban J connectivity index is 1.75. The minimum Gasteiger partial charge on any atom is -0.327 e. The highest BCUT2D eigenvalue weighted by atomic mass is 16.2. The van der Waals surface area contributed by atoms with Gasteiger partial charge in [0.2, 0.25) is 11.8 Å². The van der Waals surface area contributed by atoms with Gasteiger partial charge in [-0.25, -0.2) is 0 Å². The first-order chi connectivity index (χ1) is 10.5. The van der Waals surface area contributed by atoms with Gasteiger partial charge in [0, 0.05) is 24.3 Å². The van der Waals surface area contributed by atoms with Crippen molar-refractivity contribution in [3.8, 4) is 0 Å². The molecule has 118 valence electrons. The van der Waals surface area contributed by atoms with E-state index < -0.39 is 0 Å². The van der Waals surface area contributed by atoms with Crippen LogP contribution in [0.1, 0.15) is 31.7 Å². The minimum absolute atomic E-state index is 0.0161. The number of anilines is 2. The molecule has 5 heteroatoms. The van der Waals surface area contributed by atoms with E-state index in [1.54, 1.807) is 6.07 Å². The van der Waals surface area contributed by atoms with Crippen LogP contribution in [-0.2, 0) is 9.59 Å². The number of hydrogen-bond acceptors (Lipinski definition) is 3. The number of rotatable bonds is 3. The second kappa shape index (κ2) is 5.72. The topological polar surface area (TPSA) is 84.2 Å². The lowest BCUT2D eigenvalue weighted by Gasteiger charge is -2.27. The van der Waals surface area contributed by atoms with Crippen molar-refractivity contribution in [1.82, 2.24) is 0 Å². The Labute approximate surface area is 130 Å². The van der Waals surface area contributed by atoms with Gasteiger partial charge in [-0.1, -0.05) is 6.07 Å². The molecule has 0 aromatic heterocycles. The zero-order valence-corrected chi connectivity index (χ0v) is 13.1. The average molecular weight is 301 g/mol. The lowest BCUT2D eigenvalue weighted by Crippen LogP contribution is -2.42. The lowest BCUT2D eigenvalue weighted by atomic mass is 9.84. The fourth-order valence-corrected chi connectivity index (χ4v) is 3.98. The Hall–Kier alpha value is -1.88. The molecule has 0 radical (unpaired) electrons. The largest absolute Gasteiger partial charge is 0.327 e. The third-order valence-electron chi connectivity index (χ3n) is 5.10. The number of fused-ring (bicyclic) bond motifs is 2. The zero-order valence-electron chi connectivity index (χ0n) is 13.1. The van der Waals surface area contributed by atoms with Gasteiger partial charge in [0.25, 0.3) is 0 Å². The van der Waals surface area contributed by atoms with E-state index >= 15 is 0 Å². The molecule has 5 nitrogen and oxygen atoms in total. The summed E-state index contributed by atoms with van der Waals surface area (Å²) >= 11 is 0. The first-order valence-electron chi connectivity index (χ1n) is 7.90. The van der Waals surface area contributed by atoms with Gasteiger partial charge >= 0.3 is 0 Å². The molecule has 1 aromatic rings. The molecule has 2 saturated carbocycles. The smallest absolute Gasteiger partial charge is 0.229 e. The molecule has 2 aliphatic carbocycles. The van der Waals surface area contributed by atoms with E-state index in [2.05, 4.69) is 10.6 Å². The Morgan fingerprint density at radius 3 is 2.55 bits per heavy atom. The Morgan fingerprint density at radius 1 is 1.18 bits per heavy atom. The number of nitrogens with two attached hydrogens (primary N) is 1. The molecule has 0 spiro atoms. The van der Waals surface area contributed by atoms with Crippen LogP contribution in [0.4, 0.5) is 11.4 Å². The summed E-state index contributed by atoms with van der Waals surface area (Å²) in [5, 5.41) is 5.75. The molecule has 3 rings (SSSR count). The molecule has 4 unspecified atom stereocenters. The first kappa shape index (κ1) is 15.0. The van der Waals surface area contributed by atoms with Gasteiger partial charge in [-0.2, -0.15) is 0 Å². The van der Waals surface area contributed by atoms with Gasteiger partial charge in [-0.3, -0.25) is 9.59 Å².